The van der Waals surface area contributed by atoms with Crippen molar-refractivity contribution in [3.05, 3.63) is 44.7 Å². The Morgan fingerprint density at radius 1 is 1.12 bits per heavy atom. The van der Waals surface area contributed by atoms with Gasteiger partial charge in [0.25, 0.3) is 5.91 Å². The Morgan fingerprint density at radius 3 is 2.34 bits per heavy atom. The molecule has 0 aliphatic heterocycles. The predicted molar refractivity (Wildman–Crippen MR) is 152 cm³/mol. The van der Waals surface area contributed by atoms with Crippen molar-refractivity contribution < 1.29 is 34.8 Å². The van der Waals surface area contributed by atoms with Crippen molar-refractivity contribution in [1.29, 1.82) is 0 Å². The summed E-state index contributed by atoms with van der Waals surface area (Å²) in [6, 6.07) is 0.364. The fourth-order valence-corrected chi connectivity index (χ4v) is 7.89. The lowest BCUT2D eigenvalue weighted by Gasteiger charge is -2.50. The Labute approximate surface area is 244 Å². The number of primary amides is 1. The number of benzene rings is 1. The molecule has 1 amide bonds. The van der Waals surface area contributed by atoms with Crippen LogP contribution >= 0.6 is 11.6 Å². The summed E-state index contributed by atoms with van der Waals surface area (Å²) < 4.78 is 0. The first-order chi connectivity index (χ1) is 19.1. The number of phenolic OH excluding ortho intramolecular Hbond substituents is 1. The van der Waals surface area contributed by atoms with Crippen LogP contribution in [0, 0.1) is 11.8 Å². The highest BCUT2D eigenvalue weighted by Crippen LogP contribution is 2.53. The number of carbonyl (C=O) groups excluding carboxylic acids is 3. The SMILES string of the molecule is CN(C)[C@@H]1C(=O)C(C(N)=O)=C(O)[C@@]2(O)C(=O)C3=C(O)c4c(O)cc(CN(C)C5(C)CCCCC5)c(Cl)c4C[C@H]3C[C@@H]12. The van der Waals surface area contributed by atoms with Crippen molar-refractivity contribution >= 4 is 34.8 Å². The van der Waals surface area contributed by atoms with E-state index in [4.69, 9.17) is 17.3 Å². The molecule has 6 N–H and O–H groups in total. The van der Waals surface area contributed by atoms with Crippen LogP contribution in [0.5, 0.6) is 5.75 Å². The minimum Gasteiger partial charge on any atom is -0.508 e. The summed E-state index contributed by atoms with van der Waals surface area (Å²) in [6.07, 6.45) is 5.81. The van der Waals surface area contributed by atoms with E-state index < -0.39 is 58.0 Å². The Bertz CT molecular complexity index is 1410. The number of nitrogens with zero attached hydrogens (tertiary/aromatic N) is 2. The van der Waals surface area contributed by atoms with E-state index in [0.29, 0.717) is 22.7 Å². The molecular weight excluding hydrogens is 550 g/mol. The molecule has 0 bridgehead atoms. The van der Waals surface area contributed by atoms with E-state index in [1.807, 2.05) is 7.05 Å². The molecule has 41 heavy (non-hydrogen) atoms. The standard InChI is InChI=1S/C30H38ClN3O7/c1-29(8-6-5-7-9-29)34(4)13-15-12-18(35)20-16(22(15)31)10-14-11-17-23(33(2)3)25(37)21(28(32)40)27(39)30(17,41)26(38)19(14)24(20)36/h12,14,17,23,35-36,39,41H,5-11,13H2,1-4H3,(H2,32,40)/t14-,17-,23-,30-/m0/s1. The van der Waals surface area contributed by atoms with Crippen LogP contribution in [0.15, 0.2) is 23.0 Å². The summed E-state index contributed by atoms with van der Waals surface area (Å²) in [5.74, 6) is -6.79. The fourth-order valence-electron chi connectivity index (χ4n) is 7.60. The van der Waals surface area contributed by atoms with Gasteiger partial charge in [-0.25, -0.2) is 0 Å². The lowest BCUT2D eigenvalue weighted by Crippen LogP contribution is -2.65. The van der Waals surface area contributed by atoms with Gasteiger partial charge in [0.05, 0.1) is 11.6 Å². The molecule has 5 rings (SSSR count). The van der Waals surface area contributed by atoms with Crippen molar-refractivity contribution in [3.8, 4) is 5.75 Å². The molecule has 1 aromatic carbocycles. The maximum absolute atomic E-state index is 13.9. The van der Waals surface area contributed by atoms with E-state index in [9.17, 15) is 34.8 Å². The summed E-state index contributed by atoms with van der Waals surface area (Å²) in [4.78, 5) is 43.0. The maximum Gasteiger partial charge on any atom is 0.255 e. The number of aliphatic hydroxyl groups is 3. The molecule has 0 aromatic heterocycles. The van der Waals surface area contributed by atoms with Crippen LogP contribution in [-0.4, -0.2) is 86.0 Å². The Kier molecular flexibility index (Phi) is 7.29. The van der Waals surface area contributed by atoms with E-state index in [1.165, 1.54) is 17.4 Å². The molecule has 2 saturated carbocycles. The van der Waals surface area contributed by atoms with E-state index >= 15 is 0 Å². The molecule has 0 unspecified atom stereocenters. The first kappa shape index (κ1) is 29.6. The van der Waals surface area contributed by atoms with Crippen molar-refractivity contribution in [3.63, 3.8) is 0 Å². The van der Waals surface area contributed by atoms with Gasteiger partial charge in [0.15, 0.2) is 11.4 Å². The second-order valence-corrected chi connectivity index (χ2v) is 13.0. The molecule has 0 saturated heterocycles. The van der Waals surface area contributed by atoms with E-state index in [0.717, 1.165) is 25.7 Å². The van der Waals surface area contributed by atoms with Crippen LogP contribution in [0.2, 0.25) is 5.02 Å². The second-order valence-electron chi connectivity index (χ2n) is 12.6. The smallest absolute Gasteiger partial charge is 0.255 e. The largest absolute Gasteiger partial charge is 0.508 e. The third-order valence-corrected chi connectivity index (χ3v) is 10.5. The number of carbonyl (C=O) groups is 3. The lowest BCUT2D eigenvalue weighted by molar-refractivity contribution is -0.153. The predicted octanol–water partition coefficient (Wildman–Crippen LogP) is 2.77. The number of halogens is 1. The molecular formula is C30H38ClN3O7. The topological polar surface area (TPSA) is 165 Å². The molecule has 10 nitrogen and oxygen atoms in total. The average Bonchev–Trinajstić information content (AvgIpc) is 2.89. The van der Waals surface area contributed by atoms with Crippen LogP contribution in [-0.2, 0) is 27.3 Å². The second kappa shape index (κ2) is 10.1. The molecule has 0 radical (unpaired) electrons. The molecule has 1 aromatic rings. The lowest BCUT2D eigenvalue weighted by atomic mass is 9.57. The van der Waals surface area contributed by atoms with Gasteiger partial charge in [0, 0.05) is 28.6 Å². The summed E-state index contributed by atoms with van der Waals surface area (Å²) in [5, 5.41) is 45.5. The van der Waals surface area contributed by atoms with Crippen LogP contribution in [0.3, 0.4) is 0 Å². The van der Waals surface area contributed by atoms with Crippen LogP contribution in [0.4, 0.5) is 0 Å². The highest BCUT2D eigenvalue weighted by atomic mass is 35.5. The van der Waals surface area contributed by atoms with E-state index in [2.05, 4.69) is 11.8 Å². The molecule has 4 aliphatic carbocycles. The molecule has 0 spiro atoms. The Morgan fingerprint density at radius 2 is 1.76 bits per heavy atom. The van der Waals surface area contributed by atoms with Gasteiger partial charge in [-0.2, -0.15) is 0 Å². The minimum absolute atomic E-state index is 0.00145. The van der Waals surface area contributed by atoms with Crippen molar-refractivity contribution in [2.24, 2.45) is 17.6 Å². The number of fused-ring (bicyclic) bond motifs is 3. The number of Topliss-reactive ketones (excluding diaryl/α,β-unsaturated/α-hetero) is 2. The van der Waals surface area contributed by atoms with Crippen molar-refractivity contribution in [2.45, 2.75) is 75.6 Å². The monoisotopic (exact) mass is 587 g/mol. The van der Waals surface area contributed by atoms with Gasteiger partial charge in [0.1, 0.15) is 22.8 Å². The van der Waals surface area contributed by atoms with Gasteiger partial charge in [-0.1, -0.05) is 30.9 Å². The molecule has 4 atom stereocenters. The third kappa shape index (κ3) is 4.29. The van der Waals surface area contributed by atoms with E-state index in [-0.39, 0.29) is 35.3 Å². The number of ketones is 2. The maximum atomic E-state index is 13.9. The zero-order valence-corrected chi connectivity index (χ0v) is 24.6. The van der Waals surface area contributed by atoms with Crippen molar-refractivity contribution in [1.82, 2.24) is 9.80 Å². The van der Waals surface area contributed by atoms with Crippen LogP contribution < -0.4 is 5.73 Å². The van der Waals surface area contributed by atoms with Gasteiger partial charge in [-0.15, -0.1) is 0 Å². The first-order valence-corrected chi connectivity index (χ1v) is 14.4. The van der Waals surface area contributed by atoms with Crippen molar-refractivity contribution in [2.75, 3.05) is 21.1 Å². The average molecular weight is 588 g/mol. The zero-order valence-electron chi connectivity index (χ0n) is 23.8. The molecule has 4 aliphatic rings. The summed E-state index contributed by atoms with van der Waals surface area (Å²) in [7, 11) is 5.17. The summed E-state index contributed by atoms with van der Waals surface area (Å²) >= 11 is 6.94. The van der Waals surface area contributed by atoms with Crippen LogP contribution in [0.25, 0.3) is 5.76 Å². The van der Waals surface area contributed by atoms with Crippen LogP contribution in [0.1, 0.15) is 62.1 Å². The summed E-state index contributed by atoms with van der Waals surface area (Å²) in [5.41, 5.74) is 2.85. The summed E-state index contributed by atoms with van der Waals surface area (Å²) in [6.45, 7) is 2.71. The molecule has 11 heteroatoms. The molecule has 0 heterocycles. The van der Waals surface area contributed by atoms with Gasteiger partial charge in [-0.3, -0.25) is 24.2 Å². The molecule has 2 fully saturated rings. The highest BCUT2D eigenvalue weighted by molar-refractivity contribution is 6.32. The number of aromatic hydroxyl groups is 1. The van der Waals surface area contributed by atoms with Gasteiger partial charge in [-0.05, 0) is 76.9 Å². The normalized spacial score (nSPS) is 29.5. The minimum atomic E-state index is -2.66. The number of hydrogen-bond acceptors (Lipinski definition) is 9. The van der Waals surface area contributed by atoms with Gasteiger partial charge < -0.3 is 26.2 Å². The van der Waals surface area contributed by atoms with E-state index in [1.54, 1.807) is 14.1 Å². The number of amides is 1. The van der Waals surface area contributed by atoms with Gasteiger partial charge in [0.2, 0.25) is 5.78 Å². The Balaban J connectivity index is 1.60. The number of likely N-dealkylation sites (N-methyl/N-ethyl adjacent to an activating group) is 1. The first-order valence-electron chi connectivity index (χ1n) is 14.0. The number of rotatable bonds is 5. The number of nitrogens with two attached hydrogens (primary N) is 1. The zero-order chi connectivity index (χ0) is 30.2. The third-order valence-electron chi connectivity index (χ3n) is 9.99. The fraction of sp³-hybridized carbons (Fsp3) is 0.567. The molecule has 222 valence electrons. The Hall–Kier alpha value is -2.92. The number of aliphatic hydroxyl groups excluding tert-OH is 2. The number of phenols is 1. The van der Waals surface area contributed by atoms with Gasteiger partial charge >= 0.3 is 0 Å². The number of hydrogen-bond donors (Lipinski definition) is 5. The quantitative estimate of drug-likeness (QED) is 0.326. The highest BCUT2D eigenvalue weighted by Gasteiger charge is 2.64.